The number of ether oxygens (including phenoxy) is 8. The lowest BCUT2D eigenvalue weighted by Gasteiger charge is -2.15. The van der Waals surface area contributed by atoms with Crippen LogP contribution in [0.25, 0.3) is 122 Å². The Morgan fingerprint density at radius 3 is 0.679 bits per heavy atom. The predicted octanol–water partition coefficient (Wildman–Crippen LogP) is 13.8. The molecule has 0 amide bonds. The van der Waals surface area contributed by atoms with Crippen LogP contribution >= 0.6 is 0 Å². The van der Waals surface area contributed by atoms with Crippen LogP contribution in [-0.2, 0) is 0 Å². The van der Waals surface area contributed by atoms with Gasteiger partial charge in [-0.05, 0) is 116 Å². The summed E-state index contributed by atoms with van der Waals surface area (Å²) in [5, 5.41) is 2.21. The highest BCUT2D eigenvalue weighted by molar-refractivity contribution is 5.95. The van der Waals surface area contributed by atoms with Gasteiger partial charge in [-0.15, -0.1) is 0 Å². The van der Waals surface area contributed by atoms with E-state index in [0.717, 1.165) is 11.1 Å². The first kappa shape index (κ1) is 53.6. The third-order valence-corrected chi connectivity index (χ3v) is 14.9. The van der Waals surface area contributed by atoms with E-state index < -0.39 is 22.5 Å². The van der Waals surface area contributed by atoms with E-state index in [1.807, 2.05) is 84.9 Å². The zero-order valence-electron chi connectivity index (χ0n) is 46.5. The van der Waals surface area contributed by atoms with E-state index in [1.54, 1.807) is 72.8 Å². The fraction of sp³-hybridized carbons (Fsp3) is 0.118. The molecule has 0 unspecified atom stereocenters. The summed E-state index contributed by atoms with van der Waals surface area (Å²) in [5.41, 5.74) is 6.04. The van der Waals surface area contributed by atoms with Crippen LogP contribution in [0.15, 0.2) is 195 Å². The number of fused-ring (bicyclic) bond motifs is 4. The molecule has 4 heterocycles. The molecule has 0 aliphatic rings. The quantitative estimate of drug-likeness (QED) is 0.0879. The number of benzene rings is 8. The summed E-state index contributed by atoms with van der Waals surface area (Å²) in [4.78, 5) is 55.9. The minimum atomic E-state index is -0.625. The first-order valence-electron chi connectivity index (χ1n) is 26.1. The Bertz CT molecular complexity index is 4550. The van der Waals surface area contributed by atoms with Gasteiger partial charge in [-0.3, -0.25) is 0 Å². The number of hydrogen-bond acceptors (Lipinski definition) is 16. The lowest BCUT2D eigenvalue weighted by molar-refractivity contribution is 0.395. The first-order chi connectivity index (χ1) is 40.8. The molecule has 12 rings (SSSR count). The Kier molecular flexibility index (Phi) is 13.9. The standard InChI is InChI=1S/C68H50O16/c1-73-45-23-57(77-5)53-31-49(65(69)81-61(53)27-45)37-13-9-35(10-14-37)39-17-41(21-43(19-39)51-33-55-59(79-7)25-47(75-3)29-63(55)83-67(51)71)42-18-40(20-44(22-42)52-34-56-60(80-8)26-48(76-4)30-64(56)84-68(52)72)36-11-15-38(16-12-36)50-32-54-58(78-6)24-46(74-2)28-62(54)82-66(50)70/h9-34H,1-8H3. The normalized spacial score (nSPS) is 11.3. The molecule has 16 nitrogen and oxygen atoms in total. The number of hydrogen-bond donors (Lipinski definition) is 0. The molecule has 0 spiro atoms. The minimum absolute atomic E-state index is 0.227. The van der Waals surface area contributed by atoms with Gasteiger partial charge in [0.1, 0.15) is 68.3 Å². The molecule has 0 aliphatic carbocycles. The molecule has 0 fully saturated rings. The molecule has 0 radical (unpaired) electrons. The summed E-state index contributed by atoms with van der Waals surface area (Å²) < 4.78 is 68.3. The second-order valence-electron chi connectivity index (χ2n) is 19.5. The fourth-order valence-corrected chi connectivity index (χ4v) is 10.5. The maximum absolute atomic E-state index is 14.3. The Hall–Kier alpha value is -11.0. The van der Waals surface area contributed by atoms with Crippen LogP contribution < -0.4 is 60.4 Å². The van der Waals surface area contributed by atoms with Gasteiger partial charge < -0.3 is 55.6 Å². The number of methoxy groups -OCH3 is 8. The molecule has 0 saturated heterocycles. The zero-order valence-corrected chi connectivity index (χ0v) is 46.5. The lowest BCUT2D eigenvalue weighted by atomic mass is 9.89. The van der Waals surface area contributed by atoms with Crippen LogP contribution in [0.2, 0.25) is 0 Å². The summed E-state index contributed by atoms with van der Waals surface area (Å²) in [5.74, 6) is 3.60. The molecule has 0 bridgehead atoms. The Morgan fingerprint density at radius 1 is 0.226 bits per heavy atom. The monoisotopic (exact) mass is 1120 g/mol. The molecule has 0 N–H and O–H groups in total. The molecule has 418 valence electrons. The second kappa shape index (κ2) is 21.8. The fourth-order valence-electron chi connectivity index (χ4n) is 10.5. The minimum Gasteiger partial charge on any atom is -0.496 e. The van der Waals surface area contributed by atoms with Crippen molar-refractivity contribution in [3.05, 3.63) is 199 Å². The second-order valence-corrected chi connectivity index (χ2v) is 19.5. The SMILES string of the molecule is COc1cc(OC)c2cc(-c3ccc(-c4cc(-c5cc(-c6ccc(-c7cc8c(OC)cc(OC)cc8oc7=O)cc6)cc(-c6cc7c(OC)cc(OC)cc7oc6=O)c5)cc(-c5cc6c(OC)cc(OC)cc6oc5=O)c4)cc3)c(=O)oc2c1. The van der Waals surface area contributed by atoms with Crippen molar-refractivity contribution in [2.45, 2.75) is 0 Å². The van der Waals surface area contributed by atoms with Crippen molar-refractivity contribution in [3.63, 3.8) is 0 Å². The van der Waals surface area contributed by atoms with Gasteiger partial charge in [0.25, 0.3) is 0 Å². The van der Waals surface area contributed by atoms with E-state index in [2.05, 4.69) is 0 Å². The Balaban J connectivity index is 1.05. The highest BCUT2D eigenvalue weighted by atomic mass is 16.5. The molecule has 12 aromatic rings. The van der Waals surface area contributed by atoms with Crippen LogP contribution in [0.1, 0.15) is 0 Å². The Morgan fingerprint density at radius 2 is 0.440 bits per heavy atom. The zero-order chi connectivity index (χ0) is 58.5. The van der Waals surface area contributed by atoms with Crippen LogP contribution in [-0.4, -0.2) is 56.9 Å². The van der Waals surface area contributed by atoms with Crippen LogP contribution in [0.3, 0.4) is 0 Å². The van der Waals surface area contributed by atoms with Crippen molar-refractivity contribution in [3.8, 4) is 124 Å². The Labute approximate surface area is 477 Å². The summed E-state index contributed by atoms with van der Waals surface area (Å²) in [6.07, 6.45) is 0. The van der Waals surface area contributed by atoms with Crippen molar-refractivity contribution in [1.82, 2.24) is 0 Å². The third kappa shape index (κ3) is 9.74. The molecule has 0 aliphatic heterocycles. The van der Waals surface area contributed by atoms with Crippen molar-refractivity contribution < 1.29 is 55.6 Å². The molecule has 16 heteroatoms. The maximum atomic E-state index is 14.3. The average Bonchev–Trinajstić information content (AvgIpc) is 3.00. The van der Waals surface area contributed by atoms with Crippen LogP contribution in [0, 0.1) is 0 Å². The molecular weight excluding hydrogens is 1070 g/mol. The number of rotatable bonds is 15. The van der Waals surface area contributed by atoms with Crippen molar-refractivity contribution >= 4 is 43.9 Å². The maximum Gasteiger partial charge on any atom is 0.344 e. The topological polar surface area (TPSA) is 195 Å². The van der Waals surface area contributed by atoms with Crippen molar-refractivity contribution in [2.75, 3.05) is 56.9 Å². The summed E-state index contributed by atoms with van der Waals surface area (Å²) in [6, 6.07) is 46.5. The molecule has 0 atom stereocenters. The lowest BCUT2D eigenvalue weighted by Crippen LogP contribution is -2.05. The largest absolute Gasteiger partial charge is 0.496 e. The summed E-state index contributed by atoms with van der Waals surface area (Å²) >= 11 is 0. The van der Waals surface area contributed by atoms with Gasteiger partial charge >= 0.3 is 22.5 Å². The van der Waals surface area contributed by atoms with Gasteiger partial charge in [-0.2, -0.15) is 0 Å². The molecule has 84 heavy (non-hydrogen) atoms. The van der Waals surface area contributed by atoms with E-state index >= 15 is 0 Å². The van der Waals surface area contributed by atoms with Gasteiger partial charge in [0.05, 0.1) is 101 Å². The molecule has 0 saturated carbocycles. The molecular formula is C68H50O16. The smallest absolute Gasteiger partial charge is 0.344 e. The van der Waals surface area contributed by atoms with Crippen molar-refractivity contribution in [1.29, 1.82) is 0 Å². The third-order valence-electron chi connectivity index (χ3n) is 14.9. The van der Waals surface area contributed by atoms with Gasteiger partial charge in [0.15, 0.2) is 0 Å². The average molecular weight is 1120 g/mol. The van der Waals surface area contributed by atoms with E-state index in [-0.39, 0.29) is 22.3 Å². The van der Waals surface area contributed by atoms with Gasteiger partial charge in [-0.25, -0.2) is 19.2 Å². The van der Waals surface area contributed by atoms with E-state index in [9.17, 15) is 19.2 Å². The van der Waals surface area contributed by atoms with E-state index in [1.165, 1.54) is 56.9 Å². The highest BCUT2D eigenvalue weighted by Crippen LogP contribution is 2.42. The van der Waals surface area contributed by atoms with Crippen molar-refractivity contribution in [2.24, 2.45) is 0 Å². The van der Waals surface area contributed by atoms with Gasteiger partial charge in [-0.1, -0.05) is 48.5 Å². The van der Waals surface area contributed by atoms with E-state index in [0.29, 0.717) is 134 Å². The summed E-state index contributed by atoms with van der Waals surface area (Å²) in [6.45, 7) is 0. The van der Waals surface area contributed by atoms with E-state index in [4.69, 9.17) is 55.6 Å². The first-order valence-corrected chi connectivity index (χ1v) is 26.1. The predicted molar refractivity (Wildman–Crippen MR) is 321 cm³/mol. The molecule has 8 aromatic carbocycles. The molecule has 4 aromatic heterocycles. The van der Waals surface area contributed by atoms with Gasteiger partial charge in [0, 0.05) is 48.5 Å². The highest BCUT2D eigenvalue weighted by Gasteiger charge is 2.21. The summed E-state index contributed by atoms with van der Waals surface area (Å²) in [7, 11) is 12.2. The van der Waals surface area contributed by atoms with Gasteiger partial charge in [0.2, 0.25) is 0 Å². The van der Waals surface area contributed by atoms with Crippen LogP contribution in [0.4, 0.5) is 0 Å². The van der Waals surface area contributed by atoms with Crippen LogP contribution in [0.5, 0.6) is 46.0 Å².